The van der Waals surface area contributed by atoms with Gasteiger partial charge in [0.25, 0.3) is 0 Å². The Labute approximate surface area is 157 Å². The van der Waals surface area contributed by atoms with Gasteiger partial charge in [-0.1, -0.05) is 56.2 Å². The van der Waals surface area contributed by atoms with E-state index >= 15 is 0 Å². The van der Waals surface area contributed by atoms with Gasteiger partial charge in [-0.15, -0.1) is 0 Å². The van der Waals surface area contributed by atoms with Crippen LogP contribution in [0.5, 0.6) is 5.75 Å². The molecule has 0 heterocycles. The van der Waals surface area contributed by atoms with E-state index in [1.807, 2.05) is 25.1 Å². The fourth-order valence-corrected chi connectivity index (χ4v) is 2.31. The summed E-state index contributed by atoms with van der Waals surface area (Å²) in [7, 11) is 0. The highest BCUT2D eigenvalue weighted by Gasteiger charge is 2.12. The van der Waals surface area contributed by atoms with Gasteiger partial charge in [-0.25, -0.2) is 0 Å². The molecular weight excluding hydrogens is 324 g/mol. The molecule has 0 aliphatic heterocycles. The molecule has 0 saturated heterocycles. The number of benzene rings is 1. The highest BCUT2D eigenvalue weighted by atomic mass is 16.3. The summed E-state index contributed by atoms with van der Waals surface area (Å²) in [6.07, 6.45) is 6.99. The fraction of sp³-hybridized carbons (Fsp3) is 0.273. The zero-order chi connectivity index (χ0) is 19.4. The van der Waals surface area contributed by atoms with Gasteiger partial charge >= 0.3 is 0 Å². The maximum atomic E-state index is 10.1. The number of rotatable bonds is 12. The summed E-state index contributed by atoms with van der Waals surface area (Å²) in [6.45, 7) is 16.7. The number of phenolic OH excluding ortho intramolecular Hbond substituents is 1. The highest BCUT2D eigenvalue weighted by molar-refractivity contribution is 5.32. The SMILES string of the molecule is C=CC(=C)CNCCN(CC(=C)/C(O)=C\C=C/C)Cc1ccccc1O. The zero-order valence-electron chi connectivity index (χ0n) is 15.6. The Morgan fingerprint density at radius 1 is 1.27 bits per heavy atom. The van der Waals surface area contributed by atoms with Gasteiger partial charge in [-0.3, -0.25) is 4.90 Å². The van der Waals surface area contributed by atoms with Gasteiger partial charge < -0.3 is 15.5 Å². The third-order valence-corrected chi connectivity index (χ3v) is 3.85. The second-order valence-electron chi connectivity index (χ2n) is 6.06. The van der Waals surface area contributed by atoms with Crippen molar-refractivity contribution in [3.8, 4) is 5.75 Å². The smallest absolute Gasteiger partial charge is 0.120 e. The number of hydrogen-bond donors (Lipinski definition) is 3. The lowest BCUT2D eigenvalue weighted by atomic mass is 10.1. The molecule has 1 aromatic rings. The highest BCUT2D eigenvalue weighted by Crippen LogP contribution is 2.19. The maximum Gasteiger partial charge on any atom is 0.120 e. The van der Waals surface area contributed by atoms with Crippen LogP contribution >= 0.6 is 0 Å². The summed E-state index contributed by atoms with van der Waals surface area (Å²) >= 11 is 0. The summed E-state index contributed by atoms with van der Waals surface area (Å²) in [5.74, 6) is 0.433. The van der Waals surface area contributed by atoms with Crippen molar-refractivity contribution >= 4 is 0 Å². The van der Waals surface area contributed by atoms with E-state index < -0.39 is 0 Å². The van der Waals surface area contributed by atoms with Crippen molar-refractivity contribution in [1.82, 2.24) is 10.2 Å². The Morgan fingerprint density at radius 3 is 2.65 bits per heavy atom. The molecule has 0 aliphatic carbocycles. The number of allylic oxidation sites excluding steroid dienone is 3. The van der Waals surface area contributed by atoms with E-state index in [2.05, 4.69) is 30.0 Å². The predicted octanol–water partition coefficient (Wildman–Crippen LogP) is 4.10. The van der Waals surface area contributed by atoms with Gasteiger partial charge in [0.15, 0.2) is 0 Å². The van der Waals surface area contributed by atoms with E-state index in [1.54, 1.807) is 30.4 Å². The van der Waals surface area contributed by atoms with E-state index in [0.29, 0.717) is 25.2 Å². The first-order valence-corrected chi connectivity index (χ1v) is 8.68. The molecule has 0 aliphatic rings. The van der Waals surface area contributed by atoms with E-state index in [0.717, 1.165) is 24.2 Å². The van der Waals surface area contributed by atoms with Crippen molar-refractivity contribution in [2.24, 2.45) is 0 Å². The molecule has 0 radical (unpaired) electrons. The van der Waals surface area contributed by atoms with Crippen molar-refractivity contribution in [2.45, 2.75) is 13.5 Å². The molecule has 26 heavy (non-hydrogen) atoms. The Morgan fingerprint density at radius 2 is 2.00 bits per heavy atom. The largest absolute Gasteiger partial charge is 0.508 e. The van der Waals surface area contributed by atoms with Crippen LogP contribution in [0.1, 0.15) is 12.5 Å². The van der Waals surface area contributed by atoms with E-state index in [1.165, 1.54) is 0 Å². The van der Waals surface area contributed by atoms with Crippen molar-refractivity contribution in [2.75, 3.05) is 26.2 Å². The van der Waals surface area contributed by atoms with Gasteiger partial charge in [0.05, 0.1) is 0 Å². The number of hydrogen-bond acceptors (Lipinski definition) is 4. The van der Waals surface area contributed by atoms with Crippen LogP contribution in [0.2, 0.25) is 0 Å². The minimum atomic E-state index is 0.165. The second kappa shape index (κ2) is 11.9. The van der Waals surface area contributed by atoms with Crippen LogP contribution in [0.25, 0.3) is 0 Å². The zero-order valence-corrected chi connectivity index (χ0v) is 15.6. The molecule has 1 aromatic carbocycles. The molecule has 140 valence electrons. The maximum absolute atomic E-state index is 10.1. The minimum absolute atomic E-state index is 0.165. The Hall–Kier alpha value is -2.56. The van der Waals surface area contributed by atoms with Crippen molar-refractivity contribution in [1.29, 1.82) is 0 Å². The number of para-hydroxylation sites is 1. The van der Waals surface area contributed by atoms with Crippen molar-refractivity contribution < 1.29 is 10.2 Å². The van der Waals surface area contributed by atoms with Gasteiger partial charge in [0.2, 0.25) is 0 Å². The topological polar surface area (TPSA) is 55.7 Å². The monoisotopic (exact) mass is 354 g/mol. The number of aliphatic hydroxyl groups is 1. The van der Waals surface area contributed by atoms with Gasteiger partial charge in [-0.05, 0) is 24.6 Å². The van der Waals surface area contributed by atoms with Crippen LogP contribution in [-0.2, 0) is 6.54 Å². The molecular formula is C22H30N2O2. The lowest BCUT2D eigenvalue weighted by Crippen LogP contribution is -2.34. The molecule has 0 atom stereocenters. The van der Waals surface area contributed by atoms with Gasteiger partial charge in [0, 0.05) is 43.9 Å². The Balaban J connectivity index is 2.74. The molecule has 0 bridgehead atoms. The summed E-state index contributed by atoms with van der Waals surface area (Å²) in [6, 6.07) is 7.28. The quantitative estimate of drug-likeness (QED) is 0.300. The Kier molecular flexibility index (Phi) is 9.83. The first kappa shape index (κ1) is 21.5. The van der Waals surface area contributed by atoms with Crippen LogP contribution in [-0.4, -0.2) is 41.3 Å². The van der Waals surface area contributed by atoms with E-state index in [9.17, 15) is 10.2 Å². The van der Waals surface area contributed by atoms with Crippen LogP contribution < -0.4 is 5.32 Å². The molecule has 0 fully saturated rings. The van der Waals surface area contributed by atoms with Crippen molar-refractivity contribution in [3.63, 3.8) is 0 Å². The minimum Gasteiger partial charge on any atom is -0.508 e. The molecule has 3 N–H and O–H groups in total. The third kappa shape index (κ3) is 8.01. The Bertz CT molecular complexity index is 674. The fourth-order valence-electron chi connectivity index (χ4n) is 2.31. The summed E-state index contributed by atoms with van der Waals surface area (Å²) in [5, 5.41) is 23.4. The number of nitrogens with one attached hydrogen (secondary N) is 1. The van der Waals surface area contributed by atoms with Crippen LogP contribution in [0.3, 0.4) is 0 Å². The second-order valence-corrected chi connectivity index (χ2v) is 6.06. The van der Waals surface area contributed by atoms with E-state index in [4.69, 9.17) is 0 Å². The first-order valence-electron chi connectivity index (χ1n) is 8.68. The lowest BCUT2D eigenvalue weighted by Gasteiger charge is -2.24. The van der Waals surface area contributed by atoms with Gasteiger partial charge in [-0.2, -0.15) is 0 Å². The third-order valence-electron chi connectivity index (χ3n) is 3.85. The molecule has 0 amide bonds. The van der Waals surface area contributed by atoms with Crippen LogP contribution in [0.4, 0.5) is 0 Å². The number of phenols is 1. The molecule has 0 aromatic heterocycles. The number of aromatic hydroxyl groups is 1. The average Bonchev–Trinajstić information content (AvgIpc) is 2.64. The summed E-state index contributed by atoms with van der Waals surface area (Å²) < 4.78 is 0. The van der Waals surface area contributed by atoms with Crippen LogP contribution in [0, 0.1) is 0 Å². The summed E-state index contributed by atoms with van der Waals surface area (Å²) in [4.78, 5) is 2.13. The predicted molar refractivity (Wildman–Crippen MR) is 110 cm³/mol. The molecule has 4 heteroatoms. The van der Waals surface area contributed by atoms with E-state index in [-0.39, 0.29) is 11.5 Å². The number of nitrogens with zero attached hydrogens (tertiary/aromatic N) is 1. The van der Waals surface area contributed by atoms with Crippen LogP contribution in [0.15, 0.2) is 85.2 Å². The molecule has 1 rings (SSSR count). The molecule has 4 nitrogen and oxygen atoms in total. The lowest BCUT2D eigenvalue weighted by molar-refractivity contribution is 0.277. The standard InChI is InChI=1S/C22H30N2O2/c1-5-7-11-21(25)19(4)16-24(14-13-23-15-18(3)6-2)17-20-10-8-9-12-22(20)26/h5-12,23,25-26H,2-4,13-17H2,1H3/b7-5-,21-11+. The average molecular weight is 354 g/mol. The first-order chi connectivity index (χ1) is 12.5. The van der Waals surface area contributed by atoms with Gasteiger partial charge in [0.1, 0.15) is 11.5 Å². The normalized spacial score (nSPS) is 11.8. The molecule has 0 saturated carbocycles. The number of aliphatic hydroxyl groups excluding tert-OH is 1. The molecule has 0 spiro atoms. The van der Waals surface area contributed by atoms with Crippen molar-refractivity contribution in [3.05, 3.63) is 90.8 Å². The molecule has 0 unspecified atom stereocenters. The summed E-state index contributed by atoms with van der Waals surface area (Å²) in [5.41, 5.74) is 2.41.